The molecule has 6 nitrogen and oxygen atoms in total. The van der Waals surface area contributed by atoms with E-state index in [0.29, 0.717) is 13.1 Å². The first-order chi connectivity index (χ1) is 17.7. The zero-order valence-electron chi connectivity index (χ0n) is 20.8. The van der Waals surface area contributed by atoms with E-state index in [9.17, 15) is 5.11 Å². The summed E-state index contributed by atoms with van der Waals surface area (Å²) in [6.45, 7) is 4.92. The second-order valence-corrected chi connectivity index (χ2v) is 9.31. The number of pyridine rings is 1. The first kappa shape index (κ1) is 24.3. The van der Waals surface area contributed by atoms with Gasteiger partial charge in [0.05, 0.1) is 19.3 Å². The lowest BCUT2D eigenvalue weighted by atomic mass is 9.96. The lowest BCUT2D eigenvalue weighted by Crippen LogP contribution is -2.50. The largest absolute Gasteiger partial charge is 0.494 e. The maximum Gasteiger partial charge on any atom is 0.145 e. The summed E-state index contributed by atoms with van der Waals surface area (Å²) in [7, 11) is 1.65. The van der Waals surface area contributed by atoms with Crippen LogP contribution >= 0.6 is 0 Å². The monoisotopic (exact) mass is 482 g/mol. The Balaban J connectivity index is 1.18. The number of ether oxygens (including phenoxy) is 1. The summed E-state index contributed by atoms with van der Waals surface area (Å²) in [5.74, 6) is 0.749. The summed E-state index contributed by atoms with van der Waals surface area (Å²) in [5, 5.41) is 15.2. The highest BCUT2D eigenvalue weighted by atomic mass is 16.5. The molecule has 0 radical (unpaired) electrons. The second kappa shape index (κ2) is 11.5. The molecule has 6 heteroatoms. The fourth-order valence-corrected chi connectivity index (χ4v) is 5.14. The molecule has 1 atom stereocenters. The van der Waals surface area contributed by atoms with Crippen molar-refractivity contribution in [2.45, 2.75) is 12.1 Å². The van der Waals surface area contributed by atoms with Crippen LogP contribution in [0.3, 0.4) is 0 Å². The Labute approximate surface area is 213 Å². The molecule has 1 aliphatic rings. The molecule has 0 bridgehead atoms. The van der Waals surface area contributed by atoms with Crippen LogP contribution in [0.2, 0.25) is 0 Å². The number of nitrogens with one attached hydrogen (secondary N) is 1. The topological polar surface area (TPSA) is 60.9 Å². The molecule has 1 aromatic heterocycles. The van der Waals surface area contributed by atoms with Crippen LogP contribution in [0.25, 0.3) is 10.9 Å². The standard InChI is InChI=1S/C30H34N4O2/c1-36-28-15-14-27(26-13-8-16-31-29(26)28)32-21-25(35)22-33-17-19-34(20-18-33)30(23-9-4-2-5-10-23)24-11-6-3-7-12-24/h2-16,25,30,32,35H,17-22H2,1H3. The number of aliphatic hydroxyl groups excluding tert-OH is 1. The molecule has 1 saturated heterocycles. The fourth-order valence-electron chi connectivity index (χ4n) is 5.14. The zero-order chi connectivity index (χ0) is 24.7. The van der Waals surface area contributed by atoms with Gasteiger partial charge in [-0.25, -0.2) is 0 Å². The van der Waals surface area contributed by atoms with Crippen molar-refractivity contribution in [3.8, 4) is 5.75 Å². The summed E-state index contributed by atoms with van der Waals surface area (Å²) < 4.78 is 5.44. The van der Waals surface area contributed by atoms with Crippen molar-refractivity contribution in [1.29, 1.82) is 0 Å². The zero-order valence-corrected chi connectivity index (χ0v) is 20.8. The number of hydrogen-bond acceptors (Lipinski definition) is 6. The normalized spacial score (nSPS) is 15.8. The average Bonchev–Trinajstić information content (AvgIpc) is 2.94. The van der Waals surface area contributed by atoms with Crippen molar-refractivity contribution in [2.75, 3.05) is 51.7 Å². The van der Waals surface area contributed by atoms with E-state index in [1.807, 2.05) is 24.3 Å². The van der Waals surface area contributed by atoms with E-state index in [2.05, 4.69) is 80.8 Å². The van der Waals surface area contributed by atoms with Gasteiger partial charge in [0.1, 0.15) is 11.3 Å². The fraction of sp³-hybridized carbons (Fsp3) is 0.300. The Morgan fingerprint density at radius 1 is 0.861 bits per heavy atom. The SMILES string of the molecule is COc1ccc(NCC(O)CN2CCN(C(c3ccccc3)c3ccccc3)CC2)c2cccnc12. The number of hydrogen-bond donors (Lipinski definition) is 2. The number of aromatic nitrogens is 1. The number of aliphatic hydroxyl groups is 1. The van der Waals surface area contributed by atoms with Crippen LogP contribution in [0.1, 0.15) is 17.2 Å². The molecule has 1 aliphatic heterocycles. The van der Waals surface area contributed by atoms with Gasteiger partial charge in [0.2, 0.25) is 0 Å². The predicted molar refractivity (Wildman–Crippen MR) is 146 cm³/mol. The van der Waals surface area contributed by atoms with Gasteiger partial charge in [0.15, 0.2) is 0 Å². The first-order valence-electron chi connectivity index (χ1n) is 12.6. The molecule has 1 fully saturated rings. The maximum absolute atomic E-state index is 10.8. The number of benzene rings is 3. The third-order valence-corrected chi connectivity index (χ3v) is 6.95. The Morgan fingerprint density at radius 3 is 2.17 bits per heavy atom. The Bertz CT molecular complexity index is 1200. The van der Waals surface area contributed by atoms with E-state index in [4.69, 9.17) is 4.74 Å². The first-order valence-corrected chi connectivity index (χ1v) is 12.6. The number of methoxy groups -OCH3 is 1. The van der Waals surface area contributed by atoms with Gasteiger partial charge >= 0.3 is 0 Å². The van der Waals surface area contributed by atoms with Crippen LogP contribution in [0.4, 0.5) is 5.69 Å². The van der Waals surface area contributed by atoms with Gasteiger partial charge in [-0.05, 0) is 35.4 Å². The van der Waals surface area contributed by atoms with Gasteiger partial charge in [-0.1, -0.05) is 60.7 Å². The lowest BCUT2D eigenvalue weighted by molar-refractivity contribution is 0.0672. The van der Waals surface area contributed by atoms with E-state index in [1.165, 1.54) is 11.1 Å². The highest BCUT2D eigenvalue weighted by Crippen LogP contribution is 2.31. The molecule has 5 rings (SSSR count). The minimum Gasteiger partial charge on any atom is -0.494 e. The summed E-state index contributed by atoms with van der Waals surface area (Å²) >= 11 is 0. The predicted octanol–water partition coefficient (Wildman–Crippen LogP) is 4.42. The summed E-state index contributed by atoms with van der Waals surface area (Å²) in [6.07, 6.45) is 1.30. The quantitative estimate of drug-likeness (QED) is 0.368. The third kappa shape index (κ3) is 5.51. The van der Waals surface area contributed by atoms with Crippen LogP contribution in [0.15, 0.2) is 91.1 Å². The van der Waals surface area contributed by atoms with Crippen LogP contribution in [0.5, 0.6) is 5.75 Å². The number of fused-ring (bicyclic) bond motifs is 1. The number of rotatable bonds is 9. The number of β-amino-alcohol motifs (C(OH)–C–C–N with tert-alkyl or cyclic N) is 1. The Hall–Kier alpha value is -3.45. The molecular weight excluding hydrogens is 448 g/mol. The van der Waals surface area contributed by atoms with Crippen LogP contribution in [0, 0.1) is 0 Å². The van der Waals surface area contributed by atoms with E-state index >= 15 is 0 Å². The smallest absolute Gasteiger partial charge is 0.145 e. The molecule has 0 amide bonds. The molecule has 0 saturated carbocycles. The second-order valence-electron chi connectivity index (χ2n) is 9.31. The molecule has 2 N–H and O–H groups in total. The Kier molecular flexibility index (Phi) is 7.76. The Morgan fingerprint density at radius 2 is 1.53 bits per heavy atom. The number of piperazine rings is 1. The number of nitrogens with zero attached hydrogens (tertiary/aromatic N) is 3. The van der Waals surface area contributed by atoms with Crippen LogP contribution in [-0.4, -0.2) is 72.4 Å². The minimum absolute atomic E-state index is 0.248. The number of anilines is 1. The van der Waals surface area contributed by atoms with Gasteiger partial charge in [0, 0.05) is 56.5 Å². The van der Waals surface area contributed by atoms with Crippen molar-refractivity contribution in [3.63, 3.8) is 0 Å². The molecule has 4 aromatic rings. The molecule has 36 heavy (non-hydrogen) atoms. The highest BCUT2D eigenvalue weighted by molar-refractivity contribution is 5.95. The van der Waals surface area contributed by atoms with Crippen molar-refractivity contribution in [2.24, 2.45) is 0 Å². The minimum atomic E-state index is -0.468. The van der Waals surface area contributed by atoms with Gasteiger partial charge in [-0.2, -0.15) is 0 Å². The van der Waals surface area contributed by atoms with E-state index < -0.39 is 6.10 Å². The molecule has 0 aliphatic carbocycles. The van der Waals surface area contributed by atoms with Crippen molar-refractivity contribution >= 4 is 16.6 Å². The molecule has 0 spiro atoms. The summed E-state index contributed by atoms with van der Waals surface area (Å²) in [6, 6.07) is 29.6. The molecular formula is C30H34N4O2. The average molecular weight is 483 g/mol. The summed E-state index contributed by atoms with van der Waals surface area (Å²) in [5.41, 5.74) is 4.42. The van der Waals surface area contributed by atoms with E-state index in [0.717, 1.165) is 48.5 Å². The van der Waals surface area contributed by atoms with Gasteiger partial charge in [0.25, 0.3) is 0 Å². The van der Waals surface area contributed by atoms with Crippen LogP contribution in [-0.2, 0) is 0 Å². The van der Waals surface area contributed by atoms with E-state index in [1.54, 1.807) is 13.3 Å². The van der Waals surface area contributed by atoms with Gasteiger partial charge in [-0.15, -0.1) is 0 Å². The van der Waals surface area contributed by atoms with E-state index in [-0.39, 0.29) is 6.04 Å². The summed E-state index contributed by atoms with van der Waals surface area (Å²) in [4.78, 5) is 9.38. The van der Waals surface area contributed by atoms with Gasteiger partial charge < -0.3 is 15.2 Å². The van der Waals surface area contributed by atoms with Crippen molar-refractivity contribution in [3.05, 3.63) is 102 Å². The van der Waals surface area contributed by atoms with Crippen molar-refractivity contribution in [1.82, 2.24) is 14.8 Å². The molecule has 3 aromatic carbocycles. The third-order valence-electron chi connectivity index (χ3n) is 6.95. The van der Waals surface area contributed by atoms with Gasteiger partial charge in [-0.3, -0.25) is 14.8 Å². The molecule has 186 valence electrons. The molecule has 2 heterocycles. The molecule has 1 unspecified atom stereocenters. The highest BCUT2D eigenvalue weighted by Gasteiger charge is 2.27. The maximum atomic E-state index is 10.8. The van der Waals surface area contributed by atoms with Crippen LogP contribution < -0.4 is 10.1 Å². The van der Waals surface area contributed by atoms with Crippen molar-refractivity contribution < 1.29 is 9.84 Å². The lowest BCUT2D eigenvalue weighted by Gasteiger charge is -2.40.